The van der Waals surface area contributed by atoms with Crippen LogP contribution in [0.25, 0.3) is 111 Å². The summed E-state index contributed by atoms with van der Waals surface area (Å²) in [6.07, 6.45) is 0. The zero-order valence-corrected chi connectivity index (χ0v) is 30.8. The monoisotopic (exact) mass is 736 g/mol. The molecule has 0 spiro atoms. The van der Waals surface area contributed by atoms with E-state index >= 15 is 0 Å². The summed E-state index contributed by atoms with van der Waals surface area (Å²) in [4.78, 5) is 9.53. The zero-order chi connectivity index (χ0) is 38.5. The molecule has 0 aliphatic heterocycles. The molecule has 11 aromatic rings. The smallest absolute Gasteiger partial charge is 0.177 e. The molecule has 12 rings (SSSR count). The standard InChI is InChI=1S/C52H28N6/c53-29-44-45(30-54)56-52-43-28-34(32-19-23-37(24-20-32)58-48-15-7-3-11-40(48)41-12-4-8-16-49(41)58)26-35-25-33(27-42(50(35)43)51(52)55-44)31-17-21-36(22-18-31)57-46-13-5-1-9-38(46)39-10-2-6-14-47(39)57/h1-28H. The van der Waals surface area contributed by atoms with Crippen molar-refractivity contribution in [1.29, 1.82) is 10.5 Å². The summed E-state index contributed by atoms with van der Waals surface area (Å²) < 4.78 is 4.64. The maximum Gasteiger partial charge on any atom is 0.177 e. The molecule has 6 nitrogen and oxygen atoms in total. The van der Waals surface area contributed by atoms with Gasteiger partial charge in [0.1, 0.15) is 12.1 Å². The van der Waals surface area contributed by atoms with Crippen molar-refractivity contribution >= 4 is 54.4 Å². The summed E-state index contributed by atoms with van der Waals surface area (Å²) in [5.74, 6) is 0. The minimum absolute atomic E-state index is 0.0315. The topological polar surface area (TPSA) is 83.2 Å². The second-order valence-corrected chi connectivity index (χ2v) is 14.8. The number of rotatable bonds is 4. The SMILES string of the molecule is N#Cc1nc2c(nc1C#N)-c1cc(-c3ccc(-n4c5ccccc5c5ccccc54)cc3)cc3cc(-c4ccc(-n5c6ccccc6c6ccccc65)cc4)cc-2c13. The quantitative estimate of drug-likeness (QED) is 0.180. The van der Waals surface area contributed by atoms with Gasteiger partial charge < -0.3 is 9.13 Å². The predicted octanol–water partition coefficient (Wildman–Crippen LogP) is 12.5. The van der Waals surface area contributed by atoms with E-state index in [2.05, 4.69) is 191 Å². The molecule has 0 saturated heterocycles. The lowest BCUT2D eigenvalue weighted by atomic mass is 9.93. The van der Waals surface area contributed by atoms with Crippen molar-refractivity contribution in [3.8, 4) is 68.3 Å². The Morgan fingerprint density at radius 3 is 1.07 bits per heavy atom. The van der Waals surface area contributed by atoms with Crippen LogP contribution in [0.1, 0.15) is 11.4 Å². The largest absolute Gasteiger partial charge is 0.309 e. The number of aromatic nitrogens is 4. The number of benzene rings is 8. The van der Waals surface area contributed by atoms with Crippen LogP contribution in [0.15, 0.2) is 170 Å². The number of nitriles is 2. The summed E-state index contributed by atoms with van der Waals surface area (Å²) in [5, 5.41) is 26.9. The fraction of sp³-hybridized carbons (Fsp3) is 0. The van der Waals surface area contributed by atoms with Crippen molar-refractivity contribution in [2.75, 3.05) is 0 Å². The first-order chi connectivity index (χ1) is 28.7. The molecule has 0 radical (unpaired) electrons. The molecular formula is C52H28N6. The molecule has 0 bridgehead atoms. The van der Waals surface area contributed by atoms with Crippen LogP contribution >= 0.6 is 0 Å². The Labute approximate surface area is 332 Å². The third-order valence-corrected chi connectivity index (χ3v) is 11.7. The summed E-state index contributed by atoms with van der Waals surface area (Å²) in [6, 6.07) is 64.5. The minimum Gasteiger partial charge on any atom is -0.309 e. The van der Waals surface area contributed by atoms with Gasteiger partial charge in [-0.3, -0.25) is 0 Å². The molecule has 0 N–H and O–H groups in total. The van der Waals surface area contributed by atoms with Gasteiger partial charge in [0, 0.05) is 49.4 Å². The molecular weight excluding hydrogens is 709 g/mol. The lowest BCUT2D eigenvalue weighted by molar-refractivity contribution is 1.15. The van der Waals surface area contributed by atoms with Gasteiger partial charge in [-0.25, -0.2) is 9.97 Å². The number of hydrogen-bond acceptors (Lipinski definition) is 4. The van der Waals surface area contributed by atoms with E-state index in [0.717, 1.165) is 55.5 Å². The van der Waals surface area contributed by atoms with E-state index in [4.69, 9.17) is 9.97 Å². The van der Waals surface area contributed by atoms with Crippen LogP contribution in [0.4, 0.5) is 0 Å². The third kappa shape index (κ3) is 4.52. The van der Waals surface area contributed by atoms with Crippen LogP contribution in [0, 0.1) is 22.7 Å². The molecule has 8 aromatic carbocycles. The molecule has 1 aliphatic rings. The van der Waals surface area contributed by atoms with Crippen molar-refractivity contribution in [3.63, 3.8) is 0 Å². The molecule has 0 saturated carbocycles. The van der Waals surface area contributed by atoms with Crippen LogP contribution in [0.2, 0.25) is 0 Å². The summed E-state index contributed by atoms with van der Waals surface area (Å²) in [7, 11) is 0. The zero-order valence-electron chi connectivity index (χ0n) is 30.8. The predicted molar refractivity (Wildman–Crippen MR) is 233 cm³/mol. The van der Waals surface area contributed by atoms with E-state index in [-0.39, 0.29) is 11.4 Å². The Balaban J connectivity index is 1.01. The van der Waals surface area contributed by atoms with Gasteiger partial charge in [0.15, 0.2) is 11.4 Å². The fourth-order valence-electron chi connectivity index (χ4n) is 9.20. The Bertz CT molecular complexity index is 3290. The van der Waals surface area contributed by atoms with Crippen molar-refractivity contribution in [2.45, 2.75) is 0 Å². The number of fused-ring (bicyclic) bond motifs is 9. The van der Waals surface area contributed by atoms with Crippen molar-refractivity contribution in [3.05, 3.63) is 181 Å². The van der Waals surface area contributed by atoms with Gasteiger partial charge in [0.25, 0.3) is 0 Å². The van der Waals surface area contributed by atoms with Gasteiger partial charge >= 0.3 is 0 Å². The van der Waals surface area contributed by atoms with E-state index < -0.39 is 0 Å². The number of hydrogen-bond donors (Lipinski definition) is 0. The Morgan fingerprint density at radius 1 is 0.379 bits per heavy atom. The first-order valence-corrected chi connectivity index (χ1v) is 19.2. The van der Waals surface area contributed by atoms with Gasteiger partial charge in [-0.2, -0.15) is 10.5 Å². The summed E-state index contributed by atoms with van der Waals surface area (Å²) >= 11 is 0. The van der Waals surface area contributed by atoms with Crippen LogP contribution in [0.5, 0.6) is 0 Å². The van der Waals surface area contributed by atoms with E-state index in [1.165, 1.54) is 43.6 Å². The molecule has 0 atom stereocenters. The molecule has 1 aliphatic carbocycles. The number of nitrogens with zero attached hydrogens (tertiary/aromatic N) is 6. The van der Waals surface area contributed by atoms with Crippen molar-refractivity contribution in [1.82, 2.24) is 19.1 Å². The molecule has 0 fully saturated rings. The molecule has 3 heterocycles. The highest BCUT2D eigenvalue weighted by molar-refractivity contribution is 6.16. The highest BCUT2D eigenvalue weighted by atomic mass is 15.0. The van der Waals surface area contributed by atoms with Crippen LogP contribution < -0.4 is 0 Å². The molecule has 58 heavy (non-hydrogen) atoms. The van der Waals surface area contributed by atoms with Crippen molar-refractivity contribution in [2.24, 2.45) is 0 Å². The van der Waals surface area contributed by atoms with Crippen LogP contribution in [-0.4, -0.2) is 19.1 Å². The maximum absolute atomic E-state index is 9.95. The maximum atomic E-state index is 9.95. The van der Waals surface area contributed by atoms with Crippen molar-refractivity contribution < 1.29 is 0 Å². The normalized spacial score (nSPS) is 11.8. The van der Waals surface area contributed by atoms with E-state index in [9.17, 15) is 10.5 Å². The van der Waals surface area contributed by atoms with Gasteiger partial charge in [-0.1, -0.05) is 97.1 Å². The summed E-state index contributed by atoms with van der Waals surface area (Å²) in [6.45, 7) is 0. The van der Waals surface area contributed by atoms with Gasteiger partial charge in [0.05, 0.1) is 33.5 Å². The second-order valence-electron chi connectivity index (χ2n) is 14.8. The van der Waals surface area contributed by atoms with E-state index in [1.807, 2.05) is 0 Å². The van der Waals surface area contributed by atoms with Crippen LogP contribution in [0.3, 0.4) is 0 Å². The Kier molecular flexibility index (Phi) is 6.66. The summed E-state index contributed by atoms with van der Waals surface area (Å²) in [5.41, 5.74) is 14.1. The van der Waals surface area contributed by atoms with E-state index in [0.29, 0.717) is 11.4 Å². The highest BCUT2D eigenvalue weighted by Gasteiger charge is 2.28. The molecule has 0 unspecified atom stereocenters. The first kappa shape index (κ1) is 32.0. The van der Waals surface area contributed by atoms with E-state index in [1.54, 1.807) is 0 Å². The highest BCUT2D eigenvalue weighted by Crippen LogP contribution is 2.49. The first-order valence-electron chi connectivity index (χ1n) is 19.2. The fourth-order valence-corrected chi connectivity index (χ4v) is 9.20. The van der Waals surface area contributed by atoms with Gasteiger partial charge in [-0.05, 0) is 100 Å². The van der Waals surface area contributed by atoms with Gasteiger partial charge in [-0.15, -0.1) is 0 Å². The molecule has 0 amide bonds. The third-order valence-electron chi connectivity index (χ3n) is 11.7. The number of para-hydroxylation sites is 4. The lowest BCUT2D eigenvalue weighted by Crippen LogP contribution is -1.98. The van der Waals surface area contributed by atoms with Crippen LogP contribution in [-0.2, 0) is 0 Å². The average molecular weight is 737 g/mol. The minimum atomic E-state index is 0.0315. The Hall–Kier alpha value is -8.32. The van der Waals surface area contributed by atoms with Gasteiger partial charge in [0.2, 0.25) is 0 Å². The Morgan fingerprint density at radius 2 is 0.724 bits per heavy atom. The molecule has 6 heteroatoms. The second kappa shape index (κ2) is 12.1. The lowest BCUT2D eigenvalue weighted by Gasteiger charge is -2.13. The molecule has 3 aromatic heterocycles. The average Bonchev–Trinajstić information content (AvgIpc) is 3.92. The molecule has 266 valence electrons.